The summed E-state index contributed by atoms with van der Waals surface area (Å²) < 4.78 is 36.4. The average molecular weight is 284 g/mol. The number of carboxylic acid groups (broad SMARTS) is 1. The van der Waals surface area contributed by atoms with E-state index in [0.29, 0.717) is 6.07 Å². The fourth-order valence-corrected chi connectivity index (χ4v) is 1.71. The molecule has 82 valence electrons. The van der Waals surface area contributed by atoms with Crippen LogP contribution in [0.3, 0.4) is 0 Å². The maximum Gasteiger partial charge on any atom is 0.433 e. The van der Waals surface area contributed by atoms with Gasteiger partial charge in [-0.15, -0.1) is 0 Å². The van der Waals surface area contributed by atoms with Gasteiger partial charge < -0.3 is 5.11 Å². The van der Waals surface area contributed by atoms with E-state index >= 15 is 0 Å². The summed E-state index contributed by atoms with van der Waals surface area (Å²) in [7, 11) is 0. The number of carbonyl (C=O) groups is 1. The second kappa shape index (κ2) is 3.80. The second-order valence-corrected chi connectivity index (χ2v) is 3.54. The molecule has 0 fully saturated rings. The molecular weight excluding hydrogens is 279 g/mol. The molecule has 3 nitrogen and oxygen atoms in total. The van der Waals surface area contributed by atoms with Crippen molar-refractivity contribution in [2.75, 3.05) is 0 Å². The number of aromatic carboxylic acids is 1. The first kappa shape index (κ1) is 12.0. The molecule has 1 rings (SSSR count). The number of aryl methyl sites for hydroxylation is 1. The first-order chi connectivity index (χ1) is 6.73. The van der Waals surface area contributed by atoms with Gasteiger partial charge in [-0.1, -0.05) is 0 Å². The standard InChI is InChI=1S/C8H5BrF3NO2/c1-3-2-4(8(10,11)12)13-6(9)5(3)7(14)15/h2H,1H3,(H,14,15). The van der Waals surface area contributed by atoms with Gasteiger partial charge in [0, 0.05) is 0 Å². The minimum absolute atomic E-state index is 0.0108. The van der Waals surface area contributed by atoms with Crippen molar-refractivity contribution in [2.45, 2.75) is 13.1 Å². The van der Waals surface area contributed by atoms with Gasteiger partial charge in [-0.25, -0.2) is 9.78 Å². The maximum absolute atomic E-state index is 12.2. The molecule has 0 atom stereocenters. The zero-order chi connectivity index (χ0) is 11.8. The number of hydrogen-bond donors (Lipinski definition) is 1. The Kier molecular flexibility index (Phi) is 3.03. The van der Waals surface area contributed by atoms with Crippen molar-refractivity contribution in [3.8, 4) is 0 Å². The molecule has 0 amide bonds. The van der Waals surface area contributed by atoms with Crippen molar-refractivity contribution in [2.24, 2.45) is 0 Å². The van der Waals surface area contributed by atoms with E-state index in [-0.39, 0.29) is 15.7 Å². The molecule has 1 N–H and O–H groups in total. The molecule has 1 heterocycles. The zero-order valence-corrected chi connectivity index (χ0v) is 8.98. The molecule has 7 heteroatoms. The summed E-state index contributed by atoms with van der Waals surface area (Å²) in [5.74, 6) is -1.32. The quantitative estimate of drug-likeness (QED) is 0.807. The van der Waals surface area contributed by atoms with E-state index in [1.165, 1.54) is 6.92 Å². The summed E-state index contributed by atoms with van der Waals surface area (Å²) in [6.45, 7) is 1.28. The molecule has 0 aliphatic heterocycles. The van der Waals surface area contributed by atoms with Crippen LogP contribution in [-0.2, 0) is 6.18 Å². The minimum Gasteiger partial charge on any atom is -0.478 e. The Morgan fingerprint density at radius 3 is 2.40 bits per heavy atom. The molecule has 0 unspecified atom stereocenters. The van der Waals surface area contributed by atoms with Gasteiger partial charge in [0.2, 0.25) is 0 Å². The molecule has 1 aromatic rings. The highest BCUT2D eigenvalue weighted by molar-refractivity contribution is 9.10. The Balaban J connectivity index is 3.39. The summed E-state index contributed by atoms with van der Waals surface area (Å²) >= 11 is 2.70. The molecule has 0 saturated heterocycles. The topological polar surface area (TPSA) is 50.2 Å². The Bertz CT molecular complexity index is 394. The third-order valence-corrected chi connectivity index (χ3v) is 2.25. The first-order valence-corrected chi connectivity index (χ1v) is 4.50. The van der Waals surface area contributed by atoms with Gasteiger partial charge in [0.05, 0.1) is 5.56 Å². The number of pyridine rings is 1. The lowest BCUT2D eigenvalue weighted by Crippen LogP contribution is -2.12. The van der Waals surface area contributed by atoms with Gasteiger partial charge >= 0.3 is 12.1 Å². The molecule has 0 aliphatic rings. The van der Waals surface area contributed by atoms with Crippen molar-refractivity contribution >= 4 is 21.9 Å². The van der Waals surface area contributed by atoms with Crippen molar-refractivity contribution < 1.29 is 23.1 Å². The lowest BCUT2D eigenvalue weighted by atomic mass is 10.1. The fraction of sp³-hybridized carbons (Fsp3) is 0.250. The highest BCUT2D eigenvalue weighted by Crippen LogP contribution is 2.31. The predicted molar refractivity (Wildman–Crippen MR) is 48.6 cm³/mol. The SMILES string of the molecule is Cc1cc(C(F)(F)F)nc(Br)c1C(=O)O. The Morgan fingerprint density at radius 1 is 1.53 bits per heavy atom. The third-order valence-electron chi connectivity index (χ3n) is 1.68. The van der Waals surface area contributed by atoms with Crippen LogP contribution in [0.2, 0.25) is 0 Å². The van der Waals surface area contributed by atoms with Gasteiger partial charge in [-0.3, -0.25) is 0 Å². The molecule has 0 saturated carbocycles. The van der Waals surface area contributed by atoms with Crippen molar-refractivity contribution in [1.29, 1.82) is 0 Å². The molecule has 0 spiro atoms. The summed E-state index contributed by atoms with van der Waals surface area (Å²) in [6.07, 6.45) is -4.58. The van der Waals surface area contributed by atoms with Crippen molar-refractivity contribution in [3.05, 3.63) is 27.5 Å². The molecule has 0 bridgehead atoms. The van der Waals surface area contributed by atoms with Crippen LogP contribution < -0.4 is 0 Å². The number of carboxylic acids is 1. The zero-order valence-electron chi connectivity index (χ0n) is 7.39. The van der Waals surface area contributed by atoms with Crippen molar-refractivity contribution in [3.63, 3.8) is 0 Å². The number of nitrogens with zero attached hydrogens (tertiary/aromatic N) is 1. The number of alkyl halides is 3. The summed E-state index contributed by atoms with van der Waals surface area (Å²) in [5.41, 5.74) is -1.36. The Hall–Kier alpha value is -1.11. The first-order valence-electron chi connectivity index (χ1n) is 3.71. The summed E-state index contributed by atoms with van der Waals surface area (Å²) in [5, 5.41) is 8.69. The van der Waals surface area contributed by atoms with Crippen LogP contribution >= 0.6 is 15.9 Å². The van der Waals surface area contributed by atoms with E-state index in [1.54, 1.807) is 0 Å². The van der Waals surface area contributed by atoms with Crippen LogP contribution in [0.15, 0.2) is 10.7 Å². The van der Waals surface area contributed by atoms with Crippen LogP contribution in [-0.4, -0.2) is 16.1 Å². The number of hydrogen-bond acceptors (Lipinski definition) is 2. The number of halogens is 4. The van der Waals surface area contributed by atoms with Gasteiger partial charge in [0.25, 0.3) is 0 Å². The Labute approximate surface area is 91.1 Å². The van der Waals surface area contributed by atoms with E-state index in [0.717, 1.165) is 0 Å². The van der Waals surface area contributed by atoms with Gasteiger partial charge in [-0.2, -0.15) is 13.2 Å². The predicted octanol–water partition coefficient (Wildman–Crippen LogP) is 2.87. The average Bonchev–Trinajstić information content (AvgIpc) is 1.99. The van der Waals surface area contributed by atoms with E-state index in [1.807, 2.05) is 0 Å². The van der Waals surface area contributed by atoms with Crippen LogP contribution in [0, 0.1) is 6.92 Å². The lowest BCUT2D eigenvalue weighted by Gasteiger charge is -2.09. The molecule has 1 aromatic heterocycles. The van der Waals surface area contributed by atoms with Gasteiger partial charge in [-0.05, 0) is 34.5 Å². The molecule has 0 radical (unpaired) electrons. The monoisotopic (exact) mass is 283 g/mol. The van der Waals surface area contributed by atoms with Gasteiger partial charge in [0.15, 0.2) is 0 Å². The maximum atomic E-state index is 12.2. The summed E-state index contributed by atoms with van der Waals surface area (Å²) in [6, 6.07) is 0.703. The number of rotatable bonds is 1. The van der Waals surface area contributed by atoms with Crippen LogP contribution in [0.5, 0.6) is 0 Å². The van der Waals surface area contributed by atoms with E-state index < -0.39 is 17.8 Å². The number of aromatic nitrogens is 1. The fourth-order valence-electron chi connectivity index (χ4n) is 1.04. The smallest absolute Gasteiger partial charge is 0.433 e. The van der Waals surface area contributed by atoms with Gasteiger partial charge in [0.1, 0.15) is 10.3 Å². The Morgan fingerprint density at radius 2 is 2.07 bits per heavy atom. The highest BCUT2D eigenvalue weighted by atomic mass is 79.9. The lowest BCUT2D eigenvalue weighted by molar-refractivity contribution is -0.141. The van der Waals surface area contributed by atoms with Crippen LogP contribution in [0.1, 0.15) is 21.6 Å². The third kappa shape index (κ3) is 2.47. The second-order valence-electron chi connectivity index (χ2n) is 2.79. The van der Waals surface area contributed by atoms with Crippen LogP contribution in [0.4, 0.5) is 13.2 Å². The molecule has 0 aromatic carbocycles. The summed E-state index contributed by atoms with van der Waals surface area (Å²) in [4.78, 5) is 13.8. The van der Waals surface area contributed by atoms with E-state index in [4.69, 9.17) is 5.11 Å². The highest BCUT2D eigenvalue weighted by Gasteiger charge is 2.34. The largest absolute Gasteiger partial charge is 0.478 e. The normalized spacial score (nSPS) is 11.5. The minimum atomic E-state index is -4.58. The van der Waals surface area contributed by atoms with E-state index in [9.17, 15) is 18.0 Å². The van der Waals surface area contributed by atoms with Crippen LogP contribution in [0.25, 0.3) is 0 Å². The van der Waals surface area contributed by atoms with Crippen molar-refractivity contribution in [1.82, 2.24) is 4.98 Å². The molecule has 15 heavy (non-hydrogen) atoms. The van der Waals surface area contributed by atoms with E-state index in [2.05, 4.69) is 20.9 Å². The molecular formula is C8H5BrF3NO2. The molecule has 0 aliphatic carbocycles.